The van der Waals surface area contributed by atoms with Crippen LogP contribution in [0.3, 0.4) is 0 Å². The first kappa shape index (κ1) is 19.4. The summed E-state index contributed by atoms with van der Waals surface area (Å²) >= 11 is 0. The molecule has 10 heteroatoms. The van der Waals surface area contributed by atoms with Crippen molar-refractivity contribution in [2.45, 2.75) is 6.18 Å². The zero-order valence-corrected chi connectivity index (χ0v) is 15.3. The molecule has 0 aliphatic heterocycles. The smallest absolute Gasteiger partial charge is 0.422 e. The molecule has 3 N–H and O–H groups in total. The number of pyridine rings is 1. The number of carbonyl (C=O) groups excluding carboxylic acids is 1. The van der Waals surface area contributed by atoms with Crippen molar-refractivity contribution in [2.24, 2.45) is 5.73 Å². The lowest BCUT2D eigenvalue weighted by Crippen LogP contribution is -2.19. The first-order chi connectivity index (χ1) is 14.3. The minimum atomic E-state index is -4.42. The van der Waals surface area contributed by atoms with Crippen molar-refractivity contribution in [2.75, 3.05) is 6.61 Å². The molecule has 0 radical (unpaired) electrons. The number of carbonyl (C=O) groups is 1. The third-order valence-electron chi connectivity index (χ3n) is 4.19. The van der Waals surface area contributed by atoms with Crippen molar-refractivity contribution in [3.63, 3.8) is 0 Å². The average Bonchev–Trinajstić information content (AvgIpc) is 3.12. The van der Waals surface area contributed by atoms with Crippen LogP contribution in [-0.2, 0) is 4.79 Å². The molecule has 0 aliphatic rings. The van der Waals surface area contributed by atoms with Crippen molar-refractivity contribution in [1.82, 2.24) is 19.9 Å². The molecule has 7 nitrogen and oxygen atoms in total. The number of fused-ring (bicyclic) bond motifs is 2. The van der Waals surface area contributed by atoms with E-state index in [-0.39, 0.29) is 5.75 Å². The van der Waals surface area contributed by atoms with Crippen molar-refractivity contribution in [3.05, 3.63) is 54.5 Å². The fourth-order valence-corrected chi connectivity index (χ4v) is 2.85. The number of benzene rings is 1. The van der Waals surface area contributed by atoms with Gasteiger partial charge in [0, 0.05) is 35.0 Å². The van der Waals surface area contributed by atoms with Gasteiger partial charge in [0.1, 0.15) is 11.3 Å². The predicted octanol–water partition coefficient (Wildman–Crippen LogP) is 3.61. The number of amides is 1. The van der Waals surface area contributed by atoms with E-state index in [0.29, 0.717) is 38.9 Å². The van der Waals surface area contributed by atoms with Gasteiger partial charge in [-0.25, -0.2) is 9.97 Å². The van der Waals surface area contributed by atoms with Gasteiger partial charge >= 0.3 is 6.18 Å². The van der Waals surface area contributed by atoms with E-state index in [4.69, 9.17) is 10.5 Å². The maximum atomic E-state index is 12.4. The van der Waals surface area contributed by atoms with E-state index in [1.807, 2.05) is 0 Å². The molecule has 3 aromatic heterocycles. The van der Waals surface area contributed by atoms with Gasteiger partial charge in [-0.2, -0.15) is 13.2 Å². The summed E-state index contributed by atoms with van der Waals surface area (Å²) < 4.78 is 42.0. The minimum absolute atomic E-state index is 0.0878. The third kappa shape index (κ3) is 4.22. The van der Waals surface area contributed by atoms with Crippen LogP contribution in [-0.4, -0.2) is 38.6 Å². The highest BCUT2D eigenvalue weighted by Crippen LogP contribution is 2.27. The van der Waals surface area contributed by atoms with Gasteiger partial charge in [-0.05, 0) is 30.3 Å². The molecule has 0 saturated heterocycles. The summed E-state index contributed by atoms with van der Waals surface area (Å²) in [5.74, 6) is -0.499. The van der Waals surface area contributed by atoms with Crippen LogP contribution in [0.15, 0.2) is 48.9 Å². The Bertz CT molecular complexity index is 1280. The second-order valence-corrected chi connectivity index (χ2v) is 6.41. The van der Waals surface area contributed by atoms with E-state index < -0.39 is 18.7 Å². The molecule has 0 atom stereocenters. The van der Waals surface area contributed by atoms with Gasteiger partial charge in [0.2, 0.25) is 5.91 Å². The van der Waals surface area contributed by atoms with Crippen LogP contribution < -0.4 is 10.5 Å². The Kier molecular flexibility index (Phi) is 4.82. The second-order valence-electron chi connectivity index (χ2n) is 6.41. The standard InChI is InChI=1S/C20H14F3N5O2/c21-20(22,23)10-30-14-2-3-15-12(6-14)5-13(8-25-15)16-9-27-19-18(28-16)11(7-26-19)1-4-17(24)29/h1-9H,10H2,(H2,24,29)(H,26,27). The predicted molar refractivity (Wildman–Crippen MR) is 104 cm³/mol. The fraction of sp³-hybridized carbons (Fsp3) is 0.100. The molecule has 0 fully saturated rings. The first-order valence-electron chi connectivity index (χ1n) is 8.70. The van der Waals surface area contributed by atoms with Gasteiger partial charge in [-0.3, -0.25) is 9.78 Å². The highest BCUT2D eigenvalue weighted by Gasteiger charge is 2.28. The number of primary amides is 1. The first-order valence-corrected chi connectivity index (χ1v) is 8.70. The summed E-state index contributed by atoms with van der Waals surface area (Å²) in [6.07, 6.45) is 3.13. The van der Waals surface area contributed by atoms with Gasteiger partial charge in [-0.1, -0.05) is 0 Å². The number of nitrogens with one attached hydrogen (secondary N) is 1. The van der Waals surface area contributed by atoms with Crippen LogP contribution in [0, 0.1) is 0 Å². The van der Waals surface area contributed by atoms with E-state index in [1.54, 1.807) is 30.7 Å². The van der Waals surface area contributed by atoms with E-state index >= 15 is 0 Å². The molecule has 1 aromatic carbocycles. The number of nitrogens with zero attached hydrogens (tertiary/aromatic N) is 3. The normalized spacial score (nSPS) is 12.1. The number of hydrogen-bond acceptors (Lipinski definition) is 5. The molecule has 4 rings (SSSR count). The largest absolute Gasteiger partial charge is 0.484 e. The van der Waals surface area contributed by atoms with Gasteiger partial charge in [-0.15, -0.1) is 0 Å². The molecule has 152 valence electrons. The Morgan fingerprint density at radius 2 is 2.03 bits per heavy atom. The topological polar surface area (TPSA) is 107 Å². The van der Waals surface area contributed by atoms with Crippen molar-refractivity contribution < 1.29 is 22.7 Å². The molecule has 0 unspecified atom stereocenters. The molecular formula is C20H14F3N5O2. The highest BCUT2D eigenvalue weighted by molar-refractivity contribution is 5.94. The Labute approximate surface area is 167 Å². The number of H-pyrrole nitrogens is 1. The molecule has 3 heterocycles. The second kappa shape index (κ2) is 7.47. The van der Waals surface area contributed by atoms with Crippen LogP contribution in [0.25, 0.3) is 39.4 Å². The fourth-order valence-electron chi connectivity index (χ4n) is 2.85. The lowest BCUT2D eigenvalue weighted by atomic mass is 10.1. The Morgan fingerprint density at radius 3 is 2.80 bits per heavy atom. The molecule has 1 amide bonds. The Balaban J connectivity index is 1.70. The van der Waals surface area contributed by atoms with Gasteiger partial charge in [0.15, 0.2) is 12.3 Å². The lowest BCUT2D eigenvalue weighted by Gasteiger charge is -2.10. The lowest BCUT2D eigenvalue weighted by molar-refractivity contribution is -0.153. The summed E-state index contributed by atoms with van der Waals surface area (Å²) in [6.45, 7) is -1.37. The average molecular weight is 413 g/mol. The molecule has 0 bridgehead atoms. The third-order valence-corrected chi connectivity index (χ3v) is 4.19. The number of nitrogens with two attached hydrogens (primary N) is 1. The van der Waals surface area contributed by atoms with E-state index in [0.717, 1.165) is 0 Å². The van der Waals surface area contributed by atoms with Crippen molar-refractivity contribution in [3.8, 4) is 17.0 Å². The van der Waals surface area contributed by atoms with Crippen LogP contribution in [0.2, 0.25) is 0 Å². The van der Waals surface area contributed by atoms with Gasteiger partial charge in [0.05, 0.1) is 17.4 Å². The van der Waals surface area contributed by atoms with Crippen LogP contribution in [0.5, 0.6) is 5.75 Å². The zero-order chi connectivity index (χ0) is 21.3. The summed E-state index contributed by atoms with van der Waals surface area (Å²) in [6, 6.07) is 6.24. The van der Waals surface area contributed by atoms with Gasteiger partial charge in [0.25, 0.3) is 0 Å². The van der Waals surface area contributed by atoms with E-state index in [9.17, 15) is 18.0 Å². The van der Waals surface area contributed by atoms with Crippen molar-refractivity contribution in [1.29, 1.82) is 0 Å². The number of ether oxygens (including phenoxy) is 1. The summed E-state index contributed by atoms with van der Waals surface area (Å²) in [7, 11) is 0. The summed E-state index contributed by atoms with van der Waals surface area (Å²) in [4.78, 5) is 27.1. The maximum absolute atomic E-state index is 12.4. The highest BCUT2D eigenvalue weighted by atomic mass is 19.4. The molecule has 0 spiro atoms. The number of alkyl halides is 3. The van der Waals surface area contributed by atoms with Crippen LogP contribution in [0.1, 0.15) is 5.56 Å². The molecule has 0 saturated carbocycles. The maximum Gasteiger partial charge on any atom is 0.422 e. The Morgan fingerprint density at radius 1 is 1.20 bits per heavy atom. The Hall–Kier alpha value is -3.95. The minimum Gasteiger partial charge on any atom is -0.484 e. The number of halogens is 3. The number of aromatic nitrogens is 4. The van der Waals surface area contributed by atoms with Crippen LogP contribution in [0.4, 0.5) is 13.2 Å². The number of hydrogen-bond donors (Lipinski definition) is 2. The molecule has 30 heavy (non-hydrogen) atoms. The SMILES string of the molecule is NC(=O)C=Cc1c[nH]c2ncc(-c3cnc4ccc(OCC(F)(F)F)cc4c3)nc12. The zero-order valence-electron chi connectivity index (χ0n) is 15.3. The summed E-state index contributed by atoms with van der Waals surface area (Å²) in [5, 5.41) is 0.594. The monoisotopic (exact) mass is 413 g/mol. The molecular weight excluding hydrogens is 399 g/mol. The van der Waals surface area contributed by atoms with Crippen LogP contribution >= 0.6 is 0 Å². The summed E-state index contributed by atoms with van der Waals surface area (Å²) in [5.41, 5.74) is 8.55. The van der Waals surface area contributed by atoms with E-state index in [2.05, 4.69) is 19.9 Å². The molecule has 0 aliphatic carbocycles. The van der Waals surface area contributed by atoms with Gasteiger partial charge < -0.3 is 15.5 Å². The quantitative estimate of drug-likeness (QED) is 0.486. The van der Waals surface area contributed by atoms with Crippen molar-refractivity contribution >= 4 is 34.1 Å². The molecule has 4 aromatic rings. The number of aromatic amines is 1. The van der Waals surface area contributed by atoms with E-state index in [1.165, 1.54) is 24.3 Å². The number of rotatable bonds is 5.